The summed E-state index contributed by atoms with van der Waals surface area (Å²) in [5.41, 5.74) is 3.62. The lowest BCUT2D eigenvalue weighted by molar-refractivity contribution is 0.0707. The lowest BCUT2D eigenvalue weighted by atomic mass is 9.90. The number of H-pyrrole nitrogens is 1. The minimum absolute atomic E-state index is 0.0312. The van der Waals surface area contributed by atoms with Gasteiger partial charge in [-0.1, -0.05) is 24.3 Å². The van der Waals surface area contributed by atoms with Crippen molar-refractivity contribution in [1.82, 2.24) is 24.9 Å². The number of rotatable bonds is 5. The molecule has 2 aromatic heterocycles. The van der Waals surface area contributed by atoms with Crippen molar-refractivity contribution >= 4 is 17.5 Å². The molecule has 0 unspecified atom stereocenters. The van der Waals surface area contributed by atoms with Gasteiger partial charge in [0.15, 0.2) is 5.69 Å². The van der Waals surface area contributed by atoms with E-state index < -0.39 is 0 Å². The number of aromatic amines is 1. The van der Waals surface area contributed by atoms with Crippen molar-refractivity contribution in [2.45, 2.75) is 18.8 Å². The second-order valence-corrected chi connectivity index (χ2v) is 8.67. The summed E-state index contributed by atoms with van der Waals surface area (Å²) in [7, 11) is 1.74. The number of likely N-dealkylation sites (tertiary alicyclic amines) is 1. The van der Waals surface area contributed by atoms with Crippen LogP contribution in [0.25, 0.3) is 11.1 Å². The SMILES string of the molecule is Cn1ccc(C(=O)Nc2ccccc2C(=O)N2CCC[C@H](c3[nH]ncc3-c3cccc(F)c3)C2)n1. The molecule has 0 bridgehead atoms. The number of hydrogen-bond donors (Lipinski definition) is 2. The summed E-state index contributed by atoms with van der Waals surface area (Å²) < 4.78 is 15.4. The molecule has 1 fully saturated rings. The van der Waals surface area contributed by atoms with E-state index in [-0.39, 0.29) is 29.2 Å². The summed E-state index contributed by atoms with van der Waals surface area (Å²) in [4.78, 5) is 28.0. The van der Waals surface area contributed by atoms with E-state index in [1.165, 1.54) is 12.1 Å². The fourth-order valence-corrected chi connectivity index (χ4v) is 4.56. The maximum Gasteiger partial charge on any atom is 0.276 e. The molecule has 178 valence electrons. The molecular formula is C26H25FN6O2. The highest BCUT2D eigenvalue weighted by molar-refractivity contribution is 6.08. The molecule has 1 atom stereocenters. The van der Waals surface area contributed by atoms with Gasteiger partial charge in [-0.25, -0.2) is 4.39 Å². The molecule has 9 heteroatoms. The summed E-state index contributed by atoms with van der Waals surface area (Å²) in [6.07, 6.45) is 5.09. The van der Waals surface area contributed by atoms with Crippen LogP contribution in [0.1, 0.15) is 45.3 Å². The molecule has 4 aromatic rings. The van der Waals surface area contributed by atoms with Crippen molar-refractivity contribution < 1.29 is 14.0 Å². The zero-order chi connectivity index (χ0) is 24.4. The van der Waals surface area contributed by atoms with E-state index in [4.69, 9.17) is 0 Å². The van der Waals surface area contributed by atoms with Gasteiger partial charge < -0.3 is 10.2 Å². The van der Waals surface area contributed by atoms with Gasteiger partial charge in [0.2, 0.25) is 0 Å². The third kappa shape index (κ3) is 4.70. The Labute approximate surface area is 201 Å². The second-order valence-electron chi connectivity index (χ2n) is 8.67. The number of carbonyl (C=O) groups is 2. The van der Waals surface area contributed by atoms with E-state index in [0.29, 0.717) is 24.3 Å². The Morgan fingerprint density at radius 2 is 2.00 bits per heavy atom. The standard InChI is InChI=1S/C26H25FN6O2/c1-32-13-11-23(31-32)25(34)29-22-10-3-2-9-20(22)26(35)33-12-5-7-18(16-33)24-21(15-28-30-24)17-6-4-8-19(27)14-17/h2-4,6,8-11,13-15,18H,5,7,12,16H2,1H3,(H,28,30)(H,29,34)/t18-/m0/s1. The van der Waals surface area contributed by atoms with Gasteiger partial charge in [-0.05, 0) is 48.7 Å². The van der Waals surface area contributed by atoms with Crippen molar-refractivity contribution in [3.05, 3.63) is 89.8 Å². The predicted octanol–water partition coefficient (Wildman–Crippen LogP) is 4.22. The van der Waals surface area contributed by atoms with Gasteiger partial charge >= 0.3 is 0 Å². The van der Waals surface area contributed by atoms with Crippen LogP contribution in [0.5, 0.6) is 0 Å². The minimum Gasteiger partial charge on any atom is -0.338 e. The molecule has 2 N–H and O–H groups in total. The first-order valence-electron chi connectivity index (χ1n) is 11.5. The van der Waals surface area contributed by atoms with Crippen molar-refractivity contribution in [2.24, 2.45) is 7.05 Å². The monoisotopic (exact) mass is 472 g/mol. The highest BCUT2D eigenvalue weighted by Crippen LogP contribution is 2.34. The van der Waals surface area contributed by atoms with E-state index >= 15 is 0 Å². The van der Waals surface area contributed by atoms with Gasteiger partial charge in [-0.2, -0.15) is 10.2 Å². The number of anilines is 1. The molecule has 2 amide bonds. The summed E-state index contributed by atoms with van der Waals surface area (Å²) in [5.74, 6) is -0.804. The molecule has 0 radical (unpaired) electrons. The average Bonchev–Trinajstić information content (AvgIpc) is 3.54. The van der Waals surface area contributed by atoms with E-state index in [2.05, 4.69) is 20.6 Å². The highest BCUT2D eigenvalue weighted by Gasteiger charge is 2.29. The Hall–Kier alpha value is -4.27. The van der Waals surface area contributed by atoms with Gasteiger partial charge in [-0.15, -0.1) is 0 Å². The Morgan fingerprint density at radius 3 is 2.80 bits per heavy atom. The van der Waals surface area contributed by atoms with Gasteiger partial charge in [0.05, 0.1) is 17.4 Å². The molecule has 1 aliphatic rings. The number of aryl methyl sites for hydroxylation is 1. The van der Waals surface area contributed by atoms with Gasteiger partial charge in [0.1, 0.15) is 5.82 Å². The van der Waals surface area contributed by atoms with Crippen LogP contribution in [0.3, 0.4) is 0 Å². The molecule has 0 aliphatic carbocycles. The summed E-state index contributed by atoms with van der Waals surface area (Å²) in [5, 5.41) is 14.2. The molecule has 0 spiro atoms. The van der Waals surface area contributed by atoms with Crippen molar-refractivity contribution in [3.8, 4) is 11.1 Å². The molecule has 5 rings (SSSR count). The van der Waals surface area contributed by atoms with Gasteiger partial charge in [0, 0.05) is 43.5 Å². The number of halogens is 1. The van der Waals surface area contributed by atoms with Crippen LogP contribution in [0.2, 0.25) is 0 Å². The number of carbonyl (C=O) groups excluding carboxylic acids is 2. The van der Waals surface area contributed by atoms with Crippen LogP contribution < -0.4 is 5.32 Å². The predicted molar refractivity (Wildman–Crippen MR) is 129 cm³/mol. The van der Waals surface area contributed by atoms with Crippen LogP contribution in [-0.2, 0) is 7.05 Å². The molecular weight excluding hydrogens is 447 g/mol. The van der Waals surface area contributed by atoms with Crippen LogP contribution in [0, 0.1) is 5.82 Å². The van der Waals surface area contributed by atoms with E-state index in [1.54, 1.807) is 65.4 Å². The zero-order valence-electron chi connectivity index (χ0n) is 19.2. The smallest absolute Gasteiger partial charge is 0.276 e. The number of hydrogen-bond acceptors (Lipinski definition) is 4. The van der Waals surface area contributed by atoms with Crippen LogP contribution in [0.15, 0.2) is 67.0 Å². The fourth-order valence-electron chi connectivity index (χ4n) is 4.56. The maximum atomic E-state index is 13.8. The lowest BCUT2D eigenvalue weighted by Gasteiger charge is -2.33. The first-order chi connectivity index (χ1) is 17.0. The summed E-state index contributed by atoms with van der Waals surface area (Å²) >= 11 is 0. The number of para-hydroxylation sites is 1. The Kier molecular flexibility index (Phi) is 6.13. The van der Waals surface area contributed by atoms with Gasteiger partial charge in [0.25, 0.3) is 11.8 Å². The number of piperidine rings is 1. The van der Waals surface area contributed by atoms with Crippen LogP contribution >= 0.6 is 0 Å². The summed E-state index contributed by atoms with van der Waals surface area (Å²) in [6.45, 7) is 1.10. The normalized spacial score (nSPS) is 15.7. The fraction of sp³-hybridized carbons (Fsp3) is 0.231. The second kappa shape index (κ2) is 9.54. The highest BCUT2D eigenvalue weighted by atomic mass is 19.1. The lowest BCUT2D eigenvalue weighted by Crippen LogP contribution is -2.39. The molecule has 1 saturated heterocycles. The first-order valence-corrected chi connectivity index (χ1v) is 11.5. The average molecular weight is 473 g/mol. The van der Waals surface area contributed by atoms with Crippen molar-refractivity contribution in [1.29, 1.82) is 0 Å². The topological polar surface area (TPSA) is 95.9 Å². The number of nitrogens with one attached hydrogen (secondary N) is 2. The number of benzene rings is 2. The van der Waals surface area contributed by atoms with E-state index in [9.17, 15) is 14.0 Å². The first kappa shape index (κ1) is 22.5. The molecule has 1 aliphatic heterocycles. The van der Waals surface area contributed by atoms with E-state index in [0.717, 1.165) is 29.7 Å². The van der Waals surface area contributed by atoms with Crippen molar-refractivity contribution in [3.63, 3.8) is 0 Å². The molecule has 0 saturated carbocycles. The molecule has 8 nitrogen and oxygen atoms in total. The Bertz CT molecular complexity index is 1380. The zero-order valence-corrected chi connectivity index (χ0v) is 19.2. The Morgan fingerprint density at radius 1 is 1.14 bits per heavy atom. The minimum atomic E-state index is -0.375. The largest absolute Gasteiger partial charge is 0.338 e. The van der Waals surface area contributed by atoms with Gasteiger partial charge in [-0.3, -0.25) is 19.4 Å². The molecule has 3 heterocycles. The molecule has 2 aromatic carbocycles. The third-order valence-electron chi connectivity index (χ3n) is 6.27. The van der Waals surface area contributed by atoms with Crippen LogP contribution in [0.4, 0.5) is 10.1 Å². The Balaban J connectivity index is 1.36. The third-order valence-corrected chi connectivity index (χ3v) is 6.27. The number of aromatic nitrogens is 4. The van der Waals surface area contributed by atoms with Crippen molar-refractivity contribution in [2.75, 3.05) is 18.4 Å². The molecule has 35 heavy (non-hydrogen) atoms. The number of amides is 2. The van der Waals surface area contributed by atoms with E-state index in [1.807, 2.05) is 6.07 Å². The summed E-state index contributed by atoms with van der Waals surface area (Å²) in [6, 6.07) is 15.0. The maximum absolute atomic E-state index is 13.8. The van der Waals surface area contributed by atoms with Crippen LogP contribution in [-0.4, -0.2) is 49.8 Å². The number of nitrogens with zero attached hydrogens (tertiary/aromatic N) is 4. The quantitative estimate of drug-likeness (QED) is 0.455.